The first kappa shape index (κ1) is 16.6. The number of anilines is 1. The molecule has 22 heavy (non-hydrogen) atoms. The topological polar surface area (TPSA) is 68.8 Å². The second-order valence-electron chi connectivity index (χ2n) is 5.20. The zero-order valence-electron chi connectivity index (χ0n) is 13.2. The smallest absolute Gasteiger partial charge is 0.241 e. The fraction of sp³-hybridized carbons (Fsp3) is 0.562. The number of methoxy groups -OCH3 is 2. The number of amides is 1. The minimum Gasteiger partial charge on any atom is -0.493 e. The van der Waals surface area contributed by atoms with Gasteiger partial charge in [-0.25, -0.2) is 0 Å². The summed E-state index contributed by atoms with van der Waals surface area (Å²) in [4.78, 5) is 12.2. The lowest BCUT2D eigenvalue weighted by Gasteiger charge is -2.22. The van der Waals surface area contributed by atoms with E-state index in [9.17, 15) is 4.79 Å². The number of hydrogen-bond donors (Lipinski definition) is 2. The Morgan fingerprint density at radius 1 is 1.27 bits per heavy atom. The molecular weight excluding hydrogens is 284 g/mol. The average molecular weight is 308 g/mol. The monoisotopic (exact) mass is 308 g/mol. The molecule has 1 fully saturated rings. The van der Waals surface area contributed by atoms with Gasteiger partial charge in [-0.1, -0.05) is 6.42 Å². The second-order valence-corrected chi connectivity index (χ2v) is 5.20. The SMILES string of the molecule is COCCOc1cc(NC(=O)C2CCCCN2)ccc1OC. The third kappa shape index (κ3) is 4.61. The van der Waals surface area contributed by atoms with Crippen LogP contribution in [-0.4, -0.2) is 45.9 Å². The molecule has 6 nitrogen and oxygen atoms in total. The van der Waals surface area contributed by atoms with Crippen LogP contribution in [0.15, 0.2) is 18.2 Å². The number of hydrogen-bond acceptors (Lipinski definition) is 5. The van der Waals surface area contributed by atoms with Gasteiger partial charge < -0.3 is 24.8 Å². The highest BCUT2D eigenvalue weighted by Gasteiger charge is 2.20. The molecule has 1 saturated heterocycles. The highest BCUT2D eigenvalue weighted by molar-refractivity contribution is 5.95. The number of ether oxygens (including phenoxy) is 3. The van der Waals surface area contributed by atoms with Crippen LogP contribution in [0, 0.1) is 0 Å². The van der Waals surface area contributed by atoms with Crippen LogP contribution in [0.1, 0.15) is 19.3 Å². The molecule has 6 heteroatoms. The van der Waals surface area contributed by atoms with Gasteiger partial charge in [-0.05, 0) is 31.5 Å². The maximum Gasteiger partial charge on any atom is 0.241 e. The van der Waals surface area contributed by atoms with E-state index in [4.69, 9.17) is 14.2 Å². The van der Waals surface area contributed by atoms with Gasteiger partial charge in [-0.2, -0.15) is 0 Å². The average Bonchev–Trinajstić information content (AvgIpc) is 2.56. The number of carbonyl (C=O) groups is 1. The summed E-state index contributed by atoms with van der Waals surface area (Å²) in [6.45, 7) is 1.81. The summed E-state index contributed by atoms with van der Waals surface area (Å²) < 4.78 is 15.8. The second kappa shape index (κ2) is 8.60. The van der Waals surface area contributed by atoms with Crippen LogP contribution < -0.4 is 20.1 Å². The van der Waals surface area contributed by atoms with Crippen LogP contribution in [0.5, 0.6) is 11.5 Å². The van der Waals surface area contributed by atoms with Gasteiger partial charge in [0.25, 0.3) is 0 Å². The van der Waals surface area contributed by atoms with E-state index >= 15 is 0 Å². The molecule has 2 N–H and O–H groups in total. The lowest BCUT2D eigenvalue weighted by molar-refractivity contribution is -0.118. The van der Waals surface area contributed by atoms with Crippen LogP contribution in [0.25, 0.3) is 0 Å². The third-order valence-electron chi connectivity index (χ3n) is 3.60. The summed E-state index contributed by atoms with van der Waals surface area (Å²) in [5.74, 6) is 1.21. The number of rotatable bonds is 7. The highest BCUT2D eigenvalue weighted by Crippen LogP contribution is 2.30. The van der Waals surface area contributed by atoms with E-state index in [0.717, 1.165) is 25.8 Å². The Labute approximate surface area is 131 Å². The predicted molar refractivity (Wildman–Crippen MR) is 84.6 cm³/mol. The first-order valence-electron chi connectivity index (χ1n) is 7.58. The standard InChI is InChI=1S/C16H24N2O4/c1-20-9-10-22-15-11-12(6-7-14(15)21-2)18-16(19)13-5-3-4-8-17-13/h6-7,11,13,17H,3-5,8-10H2,1-2H3,(H,18,19). The number of piperidine rings is 1. The normalized spacial score (nSPS) is 17.8. The Morgan fingerprint density at radius 2 is 2.14 bits per heavy atom. The molecule has 1 unspecified atom stereocenters. The molecule has 1 aromatic rings. The molecule has 1 atom stereocenters. The summed E-state index contributed by atoms with van der Waals surface area (Å²) in [6, 6.07) is 5.25. The molecule has 0 bridgehead atoms. The van der Waals surface area contributed by atoms with E-state index in [-0.39, 0.29) is 11.9 Å². The first-order valence-corrected chi connectivity index (χ1v) is 7.58. The maximum absolute atomic E-state index is 12.2. The molecule has 0 aromatic heterocycles. The predicted octanol–water partition coefficient (Wildman–Crippen LogP) is 1.80. The molecule has 0 saturated carbocycles. The van der Waals surface area contributed by atoms with Gasteiger partial charge in [-0.15, -0.1) is 0 Å². The molecule has 1 aliphatic heterocycles. The van der Waals surface area contributed by atoms with Crippen LogP contribution in [0.3, 0.4) is 0 Å². The van der Waals surface area contributed by atoms with E-state index in [1.807, 2.05) is 6.07 Å². The number of nitrogens with one attached hydrogen (secondary N) is 2. The van der Waals surface area contributed by atoms with Crippen molar-refractivity contribution in [3.8, 4) is 11.5 Å². The van der Waals surface area contributed by atoms with Crippen LogP contribution in [0.4, 0.5) is 5.69 Å². The largest absolute Gasteiger partial charge is 0.493 e. The number of benzene rings is 1. The fourth-order valence-electron chi connectivity index (χ4n) is 2.41. The molecule has 1 heterocycles. The van der Waals surface area contributed by atoms with Gasteiger partial charge in [0.15, 0.2) is 11.5 Å². The molecule has 122 valence electrons. The van der Waals surface area contributed by atoms with Crippen molar-refractivity contribution in [1.82, 2.24) is 5.32 Å². The minimum absolute atomic E-state index is 0.00675. The first-order chi connectivity index (χ1) is 10.7. The Kier molecular flexibility index (Phi) is 6.48. The molecule has 0 spiro atoms. The van der Waals surface area contributed by atoms with Crippen molar-refractivity contribution < 1.29 is 19.0 Å². The summed E-state index contributed by atoms with van der Waals surface area (Å²) in [7, 11) is 3.21. The lowest BCUT2D eigenvalue weighted by Crippen LogP contribution is -2.43. The molecular formula is C16H24N2O4. The van der Waals surface area contributed by atoms with E-state index in [1.165, 1.54) is 0 Å². The van der Waals surface area contributed by atoms with E-state index in [1.54, 1.807) is 26.4 Å². The van der Waals surface area contributed by atoms with Gasteiger partial charge in [0, 0.05) is 18.9 Å². The minimum atomic E-state index is -0.117. The van der Waals surface area contributed by atoms with Crippen molar-refractivity contribution in [2.75, 3.05) is 39.3 Å². The molecule has 2 rings (SSSR count). The van der Waals surface area contributed by atoms with Crippen molar-refractivity contribution in [3.63, 3.8) is 0 Å². The maximum atomic E-state index is 12.2. The van der Waals surface area contributed by atoms with Crippen molar-refractivity contribution in [3.05, 3.63) is 18.2 Å². The highest BCUT2D eigenvalue weighted by atomic mass is 16.5. The molecule has 1 aromatic carbocycles. The van der Waals surface area contributed by atoms with Crippen molar-refractivity contribution in [2.24, 2.45) is 0 Å². The molecule has 0 aliphatic carbocycles. The van der Waals surface area contributed by atoms with Crippen LogP contribution >= 0.6 is 0 Å². The van der Waals surface area contributed by atoms with Crippen molar-refractivity contribution >= 4 is 11.6 Å². The van der Waals surface area contributed by atoms with Crippen LogP contribution in [-0.2, 0) is 9.53 Å². The van der Waals surface area contributed by atoms with Gasteiger partial charge in [0.05, 0.1) is 19.8 Å². The quantitative estimate of drug-likeness (QED) is 0.752. The zero-order valence-corrected chi connectivity index (χ0v) is 13.2. The molecule has 1 aliphatic rings. The Bertz CT molecular complexity index is 487. The van der Waals surface area contributed by atoms with E-state index < -0.39 is 0 Å². The molecule has 0 radical (unpaired) electrons. The summed E-state index contributed by atoms with van der Waals surface area (Å²) in [5.41, 5.74) is 0.700. The summed E-state index contributed by atoms with van der Waals surface area (Å²) in [5, 5.41) is 6.16. The Morgan fingerprint density at radius 3 is 2.82 bits per heavy atom. The summed E-state index contributed by atoms with van der Waals surface area (Å²) in [6.07, 6.45) is 3.09. The lowest BCUT2D eigenvalue weighted by atomic mass is 10.0. The van der Waals surface area contributed by atoms with Gasteiger partial charge in [0.1, 0.15) is 6.61 Å². The third-order valence-corrected chi connectivity index (χ3v) is 3.60. The van der Waals surface area contributed by atoms with E-state index in [2.05, 4.69) is 10.6 Å². The van der Waals surface area contributed by atoms with Crippen LogP contribution in [0.2, 0.25) is 0 Å². The zero-order chi connectivity index (χ0) is 15.8. The van der Waals surface area contributed by atoms with E-state index in [0.29, 0.717) is 30.4 Å². The van der Waals surface area contributed by atoms with Gasteiger partial charge in [-0.3, -0.25) is 4.79 Å². The number of carbonyl (C=O) groups excluding carboxylic acids is 1. The Balaban J connectivity index is 2.00. The fourth-order valence-corrected chi connectivity index (χ4v) is 2.41. The van der Waals surface area contributed by atoms with Gasteiger partial charge in [0.2, 0.25) is 5.91 Å². The van der Waals surface area contributed by atoms with Crippen molar-refractivity contribution in [2.45, 2.75) is 25.3 Å². The Hall–Kier alpha value is -1.79. The molecule has 1 amide bonds. The van der Waals surface area contributed by atoms with Gasteiger partial charge >= 0.3 is 0 Å². The summed E-state index contributed by atoms with van der Waals surface area (Å²) >= 11 is 0. The van der Waals surface area contributed by atoms with Crippen molar-refractivity contribution in [1.29, 1.82) is 0 Å².